The van der Waals surface area contributed by atoms with Crippen LogP contribution in [0.15, 0.2) is 12.3 Å². The van der Waals surface area contributed by atoms with Gasteiger partial charge in [0.15, 0.2) is 0 Å². The van der Waals surface area contributed by atoms with Crippen LogP contribution in [0.1, 0.15) is 30.3 Å². The van der Waals surface area contributed by atoms with Gasteiger partial charge in [0.1, 0.15) is 5.69 Å². The van der Waals surface area contributed by atoms with Crippen LogP contribution in [0.25, 0.3) is 0 Å². The minimum Gasteiger partial charge on any atom is -0.383 e. The molecule has 1 saturated heterocycles. The molecule has 0 saturated carbocycles. The summed E-state index contributed by atoms with van der Waals surface area (Å²) in [7, 11) is 1.65. The van der Waals surface area contributed by atoms with E-state index in [0.29, 0.717) is 36.5 Å². The first kappa shape index (κ1) is 16.3. The summed E-state index contributed by atoms with van der Waals surface area (Å²) >= 11 is 6.04. The maximum Gasteiger partial charge on any atom is 0.270 e. The summed E-state index contributed by atoms with van der Waals surface area (Å²) in [5.74, 6) is 0.0227. The Kier molecular flexibility index (Phi) is 6.08. The molecule has 0 aromatic carbocycles. The molecule has 0 aliphatic carbocycles. The average Bonchev–Trinajstić information content (AvgIpc) is 3.11. The Bertz CT molecular complexity index is 469. The lowest BCUT2D eigenvalue weighted by Crippen LogP contribution is -2.43. The van der Waals surface area contributed by atoms with E-state index in [-0.39, 0.29) is 5.91 Å². The van der Waals surface area contributed by atoms with Crippen LogP contribution in [0.3, 0.4) is 0 Å². The first-order valence-electron chi connectivity index (χ1n) is 7.53. The van der Waals surface area contributed by atoms with Crippen LogP contribution in [-0.2, 0) is 11.3 Å². The highest BCUT2D eigenvalue weighted by atomic mass is 35.5. The molecule has 1 aromatic rings. The summed E-state index contributed by atoms with van der Waals surface area (Å²) in [6.07, 6.45) is 4.09. The van der Waals surface area contributed by atoms with Gasteiger partial charge in [-0.3, -0.25) is 4.79 Å². The molecule has 1 fully saturated rings. The molecule has 1 amide bonds. The molecule has 0 spiro atoms. The number of amides is 1. The van der Waals surface area contributed by atoms with Crippen LogP contribution in [0.5, 0.6) is 0 Å². The lowest BCUT2D eigenvalue weighted by atomic mass is 10.2. The van der Waals surface area contributed by atoms with Crippen molar-refractivity contribution in [2.45, 2.75) is 32.4 Å². The van der Waals surface area contributed by atoms with Gasteiger partial charge in [0.25, 0.3) is 5.91 Å². The number of hydrogen-bond acceptors (Lipinski definition) is 3. The van der Waals surface area contributed by atoms with Crippen molar-refractivity contribution in [2.24, 2.45) is 0 Å². The zero-order valence-corrected chi connectivity index (χ0v) is 13.5. The van der Waals surface area contributed by atoms with Crippen LogP contribution >= 0.6 is 11.6 Å². The van der Waals surface area contributed by atoms with Crippen molar-refractivity contribution in [1.82, 2.24) is 14.8 Å². The molecule has 1 aliphatic rings. The van der Waals surface area contributed by atoms with Crippen LogP contribution in [0.2, 0.25) is 5.02 Å². The average molecular weight is 314 g/mol. The van der Waals surface area contributed by atoms with E-state index < -0.39 is 0 Å². The standard InChI is InChI=1S/C15H24ClN3O2/c1-3-18-10-12(16)9-14(18)15(20)19(7-8-21-2)11-13-5-4-6-17-13/h9-10,13,17H,3-8,11H2,1-2H3. The Morgan fingerprint density at radius 1 is 1.62 bits per heavy atom. The fourth-order valence-corrected chi connectivity index (χ4v) is 2.95. The van der Waals surface area contributed by atoms with Gasteiger partial charge in [0.2, 0.25) is 0 Å². The van der Waals surface area contributed by atoms with Gasteiger partial charge in [-0.15, -0.1) is 0 Å². The lowest BCUT2D eigenvalue weighted by molar-refractivity contribution is 0.0669. The number of ether oxygens (including phenoxy) is 1. The van der Waals surface area contributed by atoms with Gasteiger partial charge >= 0.3 is 0 Å². The molecule has 1 aliphatic heterocycles. The predicted octanol–water partition coefficient (Wildman–Crippen LogP) is 2.00. The quantitative estimate of drug-likeness (QED) is 0.837. The molecular formula is C15H24ClN3O2. The number of hydrogen-bond donors (Lipinski definition) is 1. The number of carbonyl (C=O) groups is 1. The smallest absolute Gasteiger partial charge is 0.270 e. The van der Waals surface area contributed by atoms with Crippen LogP contribution < -0.4 is 5.32 Å². The van der Waals surface area contributed by atoms with Gasteiger partial charge in [-0.25, -0.2) is 0 Å². The van der Waals surface area contributed by atoms with Crippen molar-refractivity contribution in [3.05, 3.63) is 23.0 Å². The van der Waals surface area contributed by atoms with Crippen molar-refractivity contribution in [1.29, 1.82) is 0 Å². The summed E-state index contributed by atoms with van der Waals surface area (Å²) in [6, 6.07) is 2.13. The molecule has 1 unspecified atom stereocenters. The van der Waals surface area contributed by atoms with Gasteiger partial charge in [-0.05, 0) is 32.4 Å². The van der Waals surface area contributed by atoms with E-state index in [9.17, 15) is 4.79 Å². The van der Waals surface area contributed by atoms with Gasteiger partial charge in [0, 0.05) is 39.0 Å². The maximum atomic E-state index is 12.8. The highest BCUT2D eigenvalue weighted by Gasteiger charge is 2.24. The van der Waals surface area contributed by atoms with Gasteiger partial charge in [0.05, 0.1) is 11.6 Å². The largest absolute Gasteiger partial charge is 0.383 e. The topological polar surface area (TPSA) is 46.5 Å². The Morgan fingerprint density at radius 2 is 2.43 bits per heavy atom. The molecular weight excluding hydrogens is 290 g/mol. The molecule has 6 heteroatoms. The summed E-state index contributed by atoms with van der Waals surface area (Å²) in [4.78, 5) is 14.7. The van der Waals surface area contributed by atoms with Crippen molar-refractivity contribution in [3.63, 3.8) is 0 Å². The van der Waals surface area contributed by atoms with Crippen molar-refractivity contribution < 1.29 is 9.53 Å². The number of methoxy groups -OCH3 is 1. The SMILES string of the molecule is CCn1cc(Cl)cc1C(=O)N(CCOC)CC1CCCN1. The van der Waals surface area contributed by atoms with Gasteiger partial charge < -0.3 is 19.5 Å². The predicted molar refractivity (Wildman–Crippen MR) is 83.9 cm³/mol. The highest BCUT2D eigenvalue weighted by molar-refractivity contribution is 6.31. The maximum absolute atomic E-state index is 12.8. The lowest BCUT2D eigenvalue weighted by Gasteiger charge is -2.26. The summed E-state index contributed by atoms with van der Waals surface area (Å²) in [5.41, 5.74) is 0.650. The van der Waals surface area contributed by atoms with E-state index in [1.807, 2.05) is 16.4 Å². The molecule has 1 N–H and O–H groups in total. The molecule has 1 atom stereocenters. The second-order valence-electron chi connectivity index (χ2n) is 5.37. The summed E-state index contributed by atoms with van der Waals surface area (Å²) in [5, 5.41) is 4.04. The molecule has 2 heterocycles. The molecule has 0 radical (unpaired) electrons. The number of rotatable bonds is 7. The number of aryl methyl sites for hydroxylation is 1. The normalized spacial score (nSPS) is 18.1. The van der Waals surface area contributed by atoms with Gasteiger partial charge in [-0.2, -0.15) is 0 Å². The third-order valence-electron chi connectivity index (χ3n) is 3.88. The molecule has 1 aromatic heterocycles. The van der Waals surface area contributed by atoms with Crippen LogP contribution in [-0.4, -0.2) is 54.8 Å². The number of nitrogens with zero attached hydrogens (tertiary/aromatic N) is 2. The fraction of sp³-hybridized carbons (Fsp3) is 0.667. The Morgan fingerprint density at radius 3 is 3.05 bits per heavy atom. The zero-order chi connectivity index (χ0) is 15.2. The monoisotopic (exact) mass is 313 g/mol. The number of carbonyl (C=O) groups excluding carboxylic acids is 1. The second kappa shape index (κ2) is 7.82. The highest BCUT2D eigenvalue weighted by Crippen LogP contribution is 2.17. The Balaban J connectivity index is 2.11. The van der Waals surface area contributed by atoms with E-state index in [0.717, 1.165) is 19.5 Å². The molecule has 5 nitrogen and oxygen atoms in total. The van der Waals surface area contributed by atoms with E-state index in [2.05, 4.69) is 5.32 Å². The minimum atomic E-state index is 0.0227. The zero-order valence-electron chi connectivity index (χ0n) is 12.8. The number of aromatic nitrogens is 1. The third-order valence-corrected chi connectivity index (χ3v) is 4.09. The molecule has 0 bridgehead atoms. The van der Waals surface area contributed by atoms with Crippen molar-refractivity contribution in [3.8, 4) is 0 Å². The van der Waals surface area contributed by atoms with Crippen LogP contribution in [0, 0.1) is 0 Å². The number of nitrogens with one attached hydrogen (secondary N) is 1. The van der Waals surface area contributed by atoms with Crippen molar-refractivity contribution >= 4 is 17.5 Å². The first-order chi connectivity index (χ1) is 10.2. The Hall–Kier alpha value is -1.04. The Labute approximate surface area is 131 Å². The summed E-state index contributed by atoms with van der Waals surface area (Å²) < 4.78 is 7.03. The van der Waals surface area contributed by atoms with E-state index in [1.165, 1.54) is 6.42 Å². The van der Waals surface area contributed by atoms with E-state index >= 15 is 0 Å². The van der Waals surface area contributed by atoms with E-state index in [4.69, 9.17) is 16.3 Å². The second-order valence-corrected chi connectivity index (χ2v) is 5.80. The van der Waals surface area contributed by atoms with Crippen molar-refractivity contribution in [2.75, 3.05) is 33.4 Å². The van der Waals surface area contributed by atoms with Crippen LogP contribution in [0.4, 0.5) is 0 Å². The van der Waals surface area contributed by atoms with E-state index in [1.54, 1.807) is 19.4 Å². The molecule has 2 rings (SSSR count). The third kappa shape index (κ3) is 4.22. The fourth-order valence-electron chi connectivity index (χ4n) is 2.73. The first-order valence-corrected chi connectivity index (χ1v) is 7.90. The summed E-state index contributed by atoms with van der Waals surface area (Å²) in [6.45, 7) is 5.63. The van der Waals surface area contributed by atoms with Gasteiger partial charge in [-0.1, -0.05) is 11.6 Å². The molecule has 118 valence electrons. The molecule has 21 heavy (non-hydrogen) atoms. The number of halogens is 1. The minimum absolute atomic E-state index is 0.0227.